The van der Waals surface area contributed by atoms with E-state index in [2.05, 4.69) is 29.3 Å². The standard InChI is InChI=1S/C12H16ClN3S3/c1-3-7(14)11(8-5-6-9(13)17-8)18-12-15-10(4-2)16-19-12/h5-7,11H,3-4,14H2,1-2H3. The van der Waals surface area contributed by atoms with Gasteiger partial charge in [-0.25, -0.2) is 4.98 Å². The Hall–Kier alpha value is -0.140. The van der Waals surface area contributed by atoms with Crippen LogP contribution in [0.25, 0.3) is 0 Å². The Balaban J connectivity index is 2.18. The van der Waals surface area contributed by atoms with Gasteiger partial charge in [-0.15, -0.1) is 11.3 Å². The maximum Gasteiger partial charge on any atom is 0.170 e. The largest absolute Gasteiger partial charge is 0.326 e. The minimum atomic E-state index is 0.0914. The summed E-state index contributed by atoms with van der Waals surface area (Å²) in [7, 11) is 0. The van der Waals surface area contributed by atoms with Gasteiger partial charge in [0, 0.05) is 17.3 Å². The molecule has 0 spiro atoms. The highest BCUT2D eigenvalue weighted by Gasteiger charge is 2.23. The van der Waals surface area contributed by atoms with Crippen LogP contribution in [0.3, 0.4) is 0 Å². The summed E-state index contributed by atoms with van der Waals surface area (Å²) in [4.78, 5) is 5.71. The summed E-state index contributed by atoms with van der Waals surface area (Å²) >= 11 is 10.8. The topological polar surface area (TPSA) is 51.8 Å². The molecule has 3 nitrogen and oxygen atoms in total. The van der Waals surface area contributed by atoms with Crippen molar-refractivity contribution in [2.45, 2.75) is 42.3 Å². The van der Waals surface area contributed by atoms with Gasteiger partial charge < -0.3 is 5.73 Å². The van der Waals surface area contributed by atoms with Crippen LogP contribution in [-0.4, -0.2) is 15.4 Å². The average Bonchev–Trinajstić information content (AvgIpc) is 3.03. The van der Waals surface area contributed by atoms with E-state index >= 15 is 0 Å². The van der Waals surface area contributed by atoms with Crippen LogP contribution in [0.2, 0.25) is 4.34 Å². The first-order chi connectivity index (χ1) is 9.13. The fourth-order valence-electron chi connectivity index (χ4n) is 1.59. The van der Waals surface area contributed by atoms with Crippen LogP contribution in [0.1, 0.15) is 36.2 Å². The number of nitrogens with two attached hydrogens (primary N) is 1. The maximum absolute atomic E-state index is 6.24. The second-order valence-electron chi connectivity index (χ2n) is 4.08. The van der Waals surface area contributed by atoms with Crippen molar-refractivity contribution >= 4 is 46.2 Å². The molecule has 2 N–H and O–H groups in total. The van der Waals surface area contributed by atoms with E-state index in [0.29, 0.717) is 0 Å². The third kappa shape index (κ3) is 3.92. The van der Waals surface area contributed by atoms with Crippen molar-refractivity contribution in [2.24, 2.45) is 5.73 Å². The lowest BCUT2D eigenvalue weighted by Crippen LogP contribution is -2.25. The molecule has 0 aliphatic heterocycles. The van der Waals surface area contributed by atoms with Crippen molar-refractivity contribution in [3.05, 3.63) is 27.2 Å². The van der Waals surface area contributed by atoms with E-state index in [1.165, 1.54) is 16.4 Å². The number of thiophene rings is 1. The zero-order valence-corrected chi connectivity index (χ0v) is 14.0. The molecular weight excluding hydrogens is 318 g/mol. The smallest absolute Gasteiger partial charge is 0.170 e. The summed E-state index contributed by atoms with van der Waals surface area (Å²) in [5, 5.41) is 0.195. The van der Waals surface area contributed by atoms with E-state index in [1.807, 2.05) is 6.07 Å². The van der Waals surface area contributed by atoms with Gasteiger partial charge in [0.05, 0.1) is 9.59 Å². The summed E-state index contributed by atoms with van der Waals surface area (Å²) in [6.45, 7) is 4.16. The van der Waals surface area contributed by atoms with Gasteiger partial charge in [-0.05, 0) is 30.1 Å². The van der Waals surface area contributed by atoms with E-state index in [1.54, 1.807) is 23.1 Å². The molecule has 0 bridgehead atoms. The fraction of sp³-hybridized carbons (Fsp3) is 0.500. The van der Waals surface area contributed by atoms with Crippen LogP contribution in [0, 0.1) is 0 Å². The minimum Gasteiger partial charge on any atom is -0.326 e. The highest BCUT2D eigenvalue weighted by Crippen LogP contribution is 2.42. The Morgan fingerprint density at radius 3 is 2.74 bits per heavy atom. The van der Waals surface area contributed by atoms with Gasteiger partial charge in [0.25, 0.3) is 0 Å². The second kappa shape index (κ2) is 7.04. The number of nitrogens with zero attached hydrogens (tertiary/aromatic N) is 2. The van der Waals surface area contributed by atoms with Crippen LogP contribution >= 0.6 is 46.2 Å². The number of hydrogen-bond acceptors (Lipinski definition) is 6. The highest BCUT2D eigenvalue weighted by molar-refractivity contribution is 8.01. The average molecular weight is 334 g/mol. The summed E-state index contributed by atoms with van der Waals surface area (Å²) < 4.78 is 6.10. The molecule has 0 aliphatic rings. The Bertz CT molecular complexity index is 526. The number of hydrogen-bond donors (Lipinski definition) is 1. The molecule has 2 atom stereocenters. The summed E-state index contributed by atoms with van der Waals surface area (Å²) in [5.41, 5.74) is 6.24. The molecule has 2 rings (SSSR count). The van der Waals surface area contributed by atoms with Crippen molar-refractivity contribution in [1.29, 1.82) is 0 Å². The van der Waals surface area contributed by atoms with Crippen LogP contribution in [-0.2, 0) is 6.42 Å². The molecule has 2 heterocycles. The molecule has 0 aromatic carbocycles. The predicted molar refractivity (Wildman–Crippen MR) is 85.5 cm³/mol. The first-order valence-corrected chi connectivity index (χ1v) is 8.98. The molecule has 19 heavy (non-hydrogen) atoms. The van der Waals surface area contributed by atoms with Crippen molar-refractivity contribution in [2.75, 3.05) is 0 Å². The third-order valence-electron chi connectivity index (χ3n) is 2.73. The zero-order chi connectivity index (χ0) is 13.8. The van der Waals surface area contributed by atoms with Crippen LogP contribution < -0.4 is 5.73 Å². The summed E-state index contributed by atoms with van der Waals surface area (Å²) in [6, 6.07) is 4.07. The second-order valence-corrected chi connectivity index (χ2v) is 7.97. The number of aromatic nitrogens is 2. The molecule has 104 valence electrons. The van der Waals surface area contributed by atoms with Gasteiger partial charge in [0.1, 0.15) is 5.82 Å². The molecule has 0 fully saturated rings. The SMILES string of the molecule is CCc1nsc(SC(c2ccc(Cl)s2)C(N)CC)n1. The quantitative estimate of drug-likeness (QED) is 0.797. The van der Waals surface area contributed by atoms with Crippen molar-refractivity contribution in [1.82, 2.24) is 9.36 Å². The molecule has 2 unspecified atom stereocenters. The zero-order valence-electron chi connectivity index (χ0n) is 10.8. The van der Waals surface area contributed by atoms with Gasteiger partial charge in [-0.1, -0.05) is 37.2 Å². The number of thioether (sulfide) groups is 1. The third-order valence-corrected chi connectivity index (χ3v) is 6.40. The maximum atomic E-state index is 6.24. The van der Waals surface area contributed by atoms with Crippen LogP contribution in [0.4, 0.5) is 0 Å². The molecular formula is C12H16ClN3S3. The van der Waals surface area contributed by atoms with E-state index < -0.39 is 0 Å². The van der Waals surface area contributed by atoms with Gasteiger partial charge in [0.15, 0.2) is 4.34 Å². The molecule has 0 saturated heterocycles. The van der Waals surface area contributed by atoms with Crippen molar-refractivity contribution < 1.29 is 0 Å². The molecule has 0 saturated carbocycles. The lowest BCUT2D eigenvalue weighted by atomic mass is 10.1. The van der Waals surface area contributed by atoms with Crippen molar-refractivity contribution in [3.63, 3.8) is 0 Å². The molecule has 0 aliphatic carbocycles. The van der Waals surface area contributed by atoms with E-state index in [9.17, 15) is 0 Å². The fourth-order valence-corrected chi connectivity index (χ4v) is 5.03. The number of rotatable bonds is 6. The van der Waals surface area contributed by atoms with Gasteiger partial charge >= 0.3 is 0 Å². The van der Waals surface area contributed by atoms with E-state index in [0.717, 1.165) is 27.3 Å². The molecule has 7 heteroatoms. The van der Waals surface area contributed by atoms with Gasteiger partial charge in [-0.3, -0.25) is 0 Å². The van der Waals surface area contributed by atoms with Gasteiger partial charge in [-0.2, -0.15) is 4.37 Å². The Morgan fingerprint density at radius 2 is 2.21 bits per heavy atom. The number of halogens is 1. The minimum absolute atomic E-state index is 0.0914. The van der Waals surface area contributed by atoms with E-state index in [4.69, 9.17) is 17.3 Å². The normalized spacial score (nSPS) is 14.5. The van der Waals surface area contributed by atoms with Crippen molar-refractivity contribution in [3.8, 4) is 0 Å². The monoisotopic (exact) mass is 333 g/mol. The first kappa shape index (κ1) is 15.3. The molecule has 2 aromatic rings. The summed E-state index contributed by atoms with van der Waals surface area (Å²) in [5.74, 6) is 0.903. The lowest BCUT2D eigenvalue weighted by molar-refractivity contribution is 0.639. The Labute approximate surface area is 130 Å². The van der Waals surface area contributed by atoms with Gasteiger partial charge in [0.2, 0.25) is 0 Å². The highest BCUT2D eigenvalue weighted by atomic mass is 35.5. The molecule has 0 radical (unpaired) electrons. The summed E-state index contributed by atoms with van der Waals surface area (Å²) in [6.07, 6.45) is 1.79. The molecule has 0 amide bonds. The Morgan fingerprint density at radius 1 is 1.42 bits per heavy atom. The predicted octanol–water partition coefficient (Wildman–Crippen LogP) is 4.39. The van der Waals surface area contributed by atoms with Crippen LogP contribution in [0.15, 0.2) is 16.5 Å². The van der Waals surface area contributed by atoms with E-state index in [-0.39, 0.29) is 11.3 Å². The molecule has 2 aromatic heterocycles. The first-order valence-electron chi connectivity index (χ1n) is 6.14. The number of aryl methyl sites for hydroxylation is 1. The Kier molecular flexibility index (Phi) is 5.65. The van der Waals surface area contributed by atoms with Crippen LogP contribution in [0.5, 0.6) is 0 Å². The lowest BCUT2D eigenvalue weighted by Gasteiger charge is -2.19.